The van der Waals surface area contributed by atoms with Crippen LogP contribution < -0.4 is 0 Å². The molecule has 0 bridgehead atoms. The molecule has 1 aromatic carbocycles. The molecule has 0 spiro atoms. The summed E-state index contributed by atoms with van der Waals surface area (Å²) in [4.78, 5) is 0. The van der Waals surface area contributed by atoms with Crippen LogP contribution in [0.5, 0.6) is 0 Å². The molecule has 1 aromatic heterocycles. The number of aromatic nitrogens is 1. The average molecular weight is 173 g/mol. The zero-order chi connectivity index (χ0) is 9.10. The van der Waals surface area contributed by atoms with E-state index in [-0.39, 0.29) is 6.61 Å². The number of nitrogens with zero attached hydrogens (tertiary/aromatic N) is 1. The SMILES string of the molecule is OCc1ccccc1-n1cccc1. The molecular formula is C11H11NO. The molecule has 0 fully saturated rings. The maximum atomic E-state index is 9.10. The van der Waals surface area contributed by atoms with Crippen LogP contribution in [-0.4, -0.2) is 9.67 Å². The van der Waals surface area contributed by atoms with Crippen molar-refractivity contribution >= 4 is 0 Å². The maximum Gasteiger partial charge on any atom is 0.0702 e. The lowest BCUT2D eigenvalue weighted by molar-refractivity contribution is 0.281. The zero-order valence-corrected chi connectivity index (χ0v) is 7.22. The van der Waals surface area contributed by atoms with E-state index in [1.807, 2.05) is 53.4 Å². The third kappa shape index (κ3) is 1.48. The Morgan fingerprint density at radius 3 is 2.38 bits per heavy atom. The number of hydrogen-bond donors (Lipinski definition) is 1. The Balaban J connectivity index is 2.51. The van der Waals surface area contributed by atoms with Crippen LogP contribution in [0.4, 0.5) is 0 Å². The van der Waals surface area contributed by atoms with Crippen molar-refractivity contribution in [2.24, 2.45) is 0 Å². The fourth-order valence-electron chi connectivity index (χ4n) is 1.39. The summed E-state index contributed by atoms with van der Waals surface area (Å²) in [6.07, 6.45) is 3.93. The van der Waals surface area contributed by atoms with Gasteiger partial charge < -0.3 is 9.67 Å². The predicted octanol–water partition coefficient (Wildman–Crippen LogP) is 1.97. The van der Waals surface area contributed by atoms with E-state index >= 15 is 0 Å². The van der Waals surface area contributed by atoms with E-state index in [0.717, 1.165) is 11.3 Å². The summed E-state index contributed by atoms with van der Waals surface area (Å²) in [5.74, 6) is 0. The molecule has 0 aliphatic rings. The summed E-state index contributed by atoms with van der Waals surface area (Å²) >= 11 is 0. The van der Waals surface area contributed by atoms with Crippen LogP contribution in [0.1, 0.15) is 5.56 Å². The first-order valence-corrected chi connectivity index (χ1v) is 4.24. The third-order valence-electron chi connectivity index (χ3n) is 2.04. The molecule has 0 aliphatic carbocycles. The van der Waals surface area contributed by atoms with E-state index in [1.165, 1.54) is 0 Å². The van der Waals surface area contributed by atoms with Gasteiger partial charge in [-0.05, 0) is 18.2 Å². The fraction of sp³-hybridized carbons (Fsp3) is 0.0909. The Bertz CT molecular complexity index is 379. The van der Waals surface area contributed by atoms with Crippen molar-refractivity contribution in [3.63, 3.8) is 0 Å². The number of para-hydroxylation sites is 1. The van der Waals surface area contributed by atoms with Crippen LogP contribution in [0, 0.1) is 0 Å². The molecule has 2 heteroatoms. The number of aliphatic hydroxyl groups excluding tert-OH is 1. The van der Waals surface area contributed by atoms with Crippen molar-refractivity contribution in [2.75, 3.05) is 0 Å². The first-order chi connectivity index (χ1) is 6.42. The molecule has 0 saturated heterocycles. The van der Waals surface area contributed by atoms with Gasteiger partial charge in [-0.3, -0.25) is 0 Å². The molecule has 2 rings (SSSR count). The second-order valence-electron chi connectivity index (χ2n) is 2.88. The highest BCUT2D eigenvalue weighted by molar-refractivity contribution is 5.40. The highest BCUT2D eigenvalue weighted by Crippen LogP contribution is 2.13. The van der Waals surface area contributed by atoms with Gasteiger partial charge in [0.1, 0.15) is 0 Å². The van der Waals surface area contributed by atoms with Gasteiger partial charge in [0.05, 0.1) is 12.3 Å². The van der Waals surface area contributed by atoms with Gasteiger partial charge in [-0.15, -0.1) is 0 Å². The summed E-state index contributed by atoms with van der Waals surface area (Å²) < 4.78 is 1.99. The Labute approximate surface area is 77.1 Å². The van der Waals surface area contributed by atoms with Crippen molar-refractivity contribution in [2.45, 2.75) is 6.61 Å². The molecule has 0 radical (unpaired) electrons. The van der Waals surface area contributed by atoms with Gasteiger partial charge in [-0.25, -0.2) is 0 Å². The predicted molar refractivity (Wildman–Crippen MR) is 51.7 cm³/mol. The Morgan fingerprint density at radius 2 is 1.69 bits per heavy atom. The molecule has 0 atom stereocenters. The minimum atomic E-state index is 0.0777. The van der Waals surface area contributed by atoms with Crippen LogP contribution in [0.15, 0.2) is 48.8 Å². The van der Waals surface area contributed by atoms with Gasteiger partial charge in [0.15, 0.2) is 0 Å². The van der Waals surface area contributed by atoms with Crippen LogP contribution in [0.2, 0.25) is 0 Å². The van der Waals surface area contributed by atoms with E-state index in [9.17, 15) is 0 Å². The highest BCUT2D eigenvalue weighted by Gasteiger charge is 1.99. The van der Waals surface area contributed by atoms with Crippen LogP contribution in [0.25, 0.3) is 5.69 Å². The number of benzene rings is 1. The molecule has 2 nitrogen and oxygen atoms in total. The van der Waals surface area contributed by atoms with Gasteiger partial charge in [-0.2, -0.15) is 0 Å². The van der Waals surface area contributed by atoms with Gasteiger partial charge in [0.25, 0.3) is 0 Å². The molecule has 66 valence electrons. The lowest BCUT2D eigenvalue weighted by Crippen LogP contribution is -1.96. The Kier molecular flexibility index (Phi) is 2.15. The Morgan fingerprint density at radius 1 is 1.00 bits per heavy atom. The van der Waals surface area contributed by atoms with E-state index < -0.39 is 0 Å². The molecule has 2 aromatic rings. The molecule has 0 aliphatic heterocycles. The monoisotopic (exact) mass is 173 g/mol. The quantitative estimate of drug-likeness (QED) is 0.738. The van der Waals surface area contributed by atoms with Crippen molar-refractivity contribution < 1.29 is 5.11 Å². The van der Waals surface area contributed by atoms with E-state index in [0.29, 0.717) is 0 Å². The average Bonchev–Trinajstić information content (AvgIpc) is 2.70. The minimum Gasteiger partial charge on any atom is -0.392 e. The first-order valence-electron chi connectivity index (χ1n) is 4.24. The fourth-order valence-corrected chi connectivity index (χ4v) is 1.39. The topological polar surface area (TPSA) is 25.2 Å². The van der Waals surface area contributed by atoms with Gasteiger partial charge in [0.2, 0.25) is 0 Å². The largest absolute Gasteiger partial charge is 0.392 e. The Hall–Kier alpha value is -1.54. The van der Waals surface area contributed by atoms with E-state index in [4.69, 9.17) is 5.11 Å². The normalized spacial score (nSPS) is 10.2. The summed E-state index contributed by atoms with van der Waals surface area (Å²) in [5.41, 5.74) is 1.98. The second kappa shape index (κ2) is 3.46. The smallest absolute Gasteiger partial charge is 0.0702 e. The second-order valence-corrected chi connectivity index (χ2v) is 2.88. The number of rotatable bonds is 2. The van der Waals surface area contributed by atoms with Crippen molar-refractivity contribution in [3.8, 4) is 5.69 Å². The van der Waals surface area contributed by atoms with E-state index in [1.54, 1.807) is 0 Å². The van der Waals surface area contributed by atoms with E-state index in [2.05, 4.69) is 0 Å². The van der Waals surface area contributed by atoms with Gasteiger partial charge in [0, 0.05) is 18.0 Å². The summed E-state index contributed by atoms with van der Waals surface area (Å²) in [7, 11) is 0. The summed E-state index contributed by atoms with van der Waals surface area (Å²) in [6, 6.07) is 11.7. The van der Waals surface area contributed by atoms with Gasteiger partial charge >= 0.3 is 0 Å². The molecule has 1 N–H and O–H groups in total. The maximum absolute atomic E-state index is 9.10. The van der Waals surface area contributed by atoms with Crippen LogP contribution in [-0.2, 0) is 6.61 Å². The van der Waals surface area contributed by atoms with Crippen molar-refractivity contribution in [1.82, 2.24) is 4.57 Å². The van der Waals surface area contributed by atoms with Crippen LogP contribution in [0.3, 0.4) is 0 Å². The molecule has 13 heavy (non-hydrogen) atoms. The molecular weight excluding hydrogens is 162 g/mol. The molecule has 0 saturated carbocycles. The lowest BCUT2D eigenvalue weighted by Gasteiger charge is -2.07. The van der Waals surface area contributed by atoms with Gasteiger partial charge in [-0.1, -0.05) is 18.2 Å². The van der Waals surface area contributed by atoms with Crippen LogP contribution >= 0.6 is 0 Å². The van der Waals surface area contributed by atoms with Crippen molar-refractivity contribution in [3.05, 3.63) is 54.4 Å². The number of hydrogen-bond acceptors (Lipinski definition) is 1. The first kappa shape index (κ1) is 8.08. The summed E-state index contributed by atoms with van der Waals surface area (Å²) in [6.45, 7) is 0.0777. The third-order valence-corrected chi connectivity index (χ3v) is 2.04. The molecule has 1 heterocycles. The minimum absolute atomic E-state index is 0.0777. The highest BCUT2D eigenvalue weighted by atomic mass is 16.3. The van der Waals surface area contributed by atoms with Crippen molar-refractivity contribution in [1.29, 1.82) is 0 Å². The summed E-state index contributed by atoms with van der Waals surface area (Å²) in [5, 5.41) is 9.10. The molecule has 0 amide bonds. The standard InChI is InChI=1S/C11H11NO/c13-9-10-5-1-2-6-11(10)12-7-3-4-8-12/h1-8,13H,9H2. The number of aliphatic hydroxyl groups is 1. The molecule has 0 unspecified atom stereocenters. The zero-order valence-electron chi connectivity index (χ0n) is 7.22. The lowest BCUT2D eigenvalue weighted by atomic mass is 10.2.